The molecule has 7 nitrogen and oxygen atoms in total. The second-order valence-electron chi connectivity index (χ2n) is 6.99. The van der Waals surface area contributed by atoms with Gasteiger partial charge in [0.2, 0.25) is 0 Å². The lowest BCUT2D eigenvalue weighted by Crippen LogP contribution is -2.47. The van der Waals surface area contributed by atoms with Crippen LogP contribution in [0.1, 0.15) is 30.3 Å². The van der Waals surface area contributed by atoms with Crippen molar-refractivity contribution in [3.05, 3.63) is 47.7 Å². The molecule has 7 heteroatoms. The van der Waals surface area contributed by atoms with Gasteiger partial charge in [-0.1, -0.05) is 25.1 Å². The van der Waals surface area contributed by atoms with Gasteiger partial charge in [0, 0.05) is 43.2 Å². The first-order chi connectivity index (χ1) is 13.3. The molecule has 1 aliphatic heterocycles. The summed E-state index contributed by atoms with van der Waals surface area (Å²) in [5, 5.41) is 12.6. The molecule has 1 aromatic carbocycles. The maximum absolute atomic E-state index is 4.38. The van der Waals surface area contributed by atoms with Crippen molar-refractivity contribution in [2.45, 2.75) is 45.2 Å². The third kappa shape index (κ3) is 3.67. The number of benzene rings is 1. The zero-order valence-corrected chi connectivity index (χ0v) is 16.0. The summed E-state index contributed by atoms with van der Waals surface area (Å²) in [6, 6.07) is 6.86. The topological polar surface area (TPSA) is 82.9 Å². The Kier molecular flexibility index (Phi) is 5.09. The number of fused-ring (bicyclic) bond motifs is 2. The fourth-order valence-electron chi connectivity index (χ4n) is 3.84. The van der Waals surface area contributed by atoms with Crippen LogP contribution in [-0.4, -0.2) is 45.3 Å². The van der Waals surface area contributed by atoms with Crippen LogP contribution in [0.4, 0.5) is 0 Å². The van der Waals surface area contributed by atoms with Crippen molar-refractivity contribution in [3.8, 4) is 0 Å². The SMILES string of the molecule is CCc1cccc2c(CCNC(=NC)NC3CCc4ncnn4C3)c[nH]c12. The highest BCUT2D eigenvalue weighted by atomic mass is 15.4. The van der Waals surface area contributed by atoms with Crippen molar-refractivity contribution in [2.24, 2.45) is 4.99 Å². The Bertz CT molecular complexity index is 937. The smallest absolute Gasteiger partial charge is 0.191 e. The third-order valence-corrected chi connectivity index (χ3v) is 5.33. The number of aromatic nitrogens is 4. The Balaban J connectivity index is 1.33. The van der Waals surface area contributed by atoms with Crippen LogP contribution in [0.15, 0.2) is 35.7 Å². The second kappa shape index (κ2) is 7.82. The number of hydrogen-bond donors (Lipinski definition) is 3. The van der Waals surface area contributed by atoms with Crippen LogP contribution in [0.5, 0.6) is 0 Å². The number of aromatic amines is 1. The van der Waals surface area contributed by atoms with E-state index in [1.54, 1.807) is 6.33 Å². The summed E-state index contributed by atoms with van der Waals surface area (Å²) in [4.78, 5) is 12.1. The van der Waals surface area contributed by atoms with E-state index in [1.165, 1.54) is 22.0 Å². The molecule has 3 heterocycles. The van der Waals surface area contributed by atoms with E-state index in [-0.39, 0.29) is 0 Å². The average Bonchev–Trinajstić information content (AvgIpc) is 3.33. The number of aryl methyl sites for hydroxylation is 2. The van der Waals surface area contributed by atoms with Crippen molar-refractivity contribution in [1.82, 2.24) is 30.4 Å². The van der Waals surface area contributed by atoms with Crippen LogP contribution in [0.3, 0.4) is 0 Å². The lowest BCUT2D eigenvalue weighted by molar-refractivity contribution is 0.393. The lowest BCUT2D eigenvalue weighted by Gasteiger charge is -2.25. The Hall–Kier alpha value is -2.83. The molecule has 0 spiro atoms. The van der Waals surface area contributed by atoms with E-state index in [9.17, 15) is 0 Å². The number of rotatable bonds is 5. The average molecular weight is 365 g/mol. The van der Waals surface area contributed by atoms with Crippen molar-refractivity contribution >= 4 is 16.9 Å². The van der Waals surface area contributed by atoms with Gasteiger partial charge in [-0.15, -0.1) is 0 Å². The summed E-state index contributed by atoms with van der Waals surface area (Å²) in [5.41, 5.74) is 3.98. The minimum Gasteiger partial charge on any atom is -0.361 e. The quantitative estimate of drug-likeness (QED) is 0.477. The summed E-state index contributed by atoms with van der Waals surface area (Å²) in [5.74, 6) is 1.92. The third-order valence-electron chi connectivity index (χ3n) is 5.33. The molecule has 1 aliphatic rings. The van der Waals surface area contributed by atoms with Gasteiger partial charge in [-0.2, -0.15) is 5.10 Å². The summed E-state index contributed by atoms with van der Waals surface area (Å²) < 4.78 is 1.98. The molecule has 2 aromatic heterocycles. The predicted molar refractivity (Wildman–Crippen MR) is 108 cm³/mol. The Morgan fingerprint density at radius 3 is 3.15 bits per heavy atom. The van der Waals surface area contributed by atoms with E-state index in [0.29, 0.717) is 6.04 Å². The van der Waals surface area contributed by atoms with Gasteiger partial charge in [-0.3, -0.25) is 4.99 Å². The monoisotopic (exact) mass is 365 g/mol. The lowest BCUT2D eigenvalue weighted by atomic mass is 10.1. The molecule has 0 aliphatic carbocycles. The fourth-order valence-corrected chi connectivity index (χ4v) is 3.84. The van der Waals surface area contributed by atoms with Gasteiger partial charge in [-0.25, -0.2) is 9.67 Å². The van der Waals surface area contributed by atoms with E-state index in [1.807, 2.05) is 11.7 Å². The molecule has 1 atom stereocenters. The molecule has 4 rings (SSSR count). The van der Waals surface area contributed by atoms with E-state index in [4.69, 9.17) is 0 Å². The van der Waals surface area contributed by atoms with Gasteiger partial charge in [0.15, 0.2) is 5.96 Å². The molecule has 0 saturated heterocycles. The van der Waals surface area contributed by atoms with Crippen molar-refractivity contribution in [1.29, 1.82) is 0 Å². The molecule has 1 unspecified atom stereocenters. The first-order valence-corrected chi connectivity index (χ1v) is 9.70. The molecule has 0 bridgehead atoms. The van der Waals surface area contributed by atoms with Crippen LogP contribution < -0.4 is 10.6 Å². The summed E-state index contributed by atoms with van der Waals surface area (Å²) in [7, 11) is 1.82. The maximum atomic E-state index is 4.38. The molecule has 0 radical (unpaired) electrons. The first-order valence-electron chi connectivity index (χ1n) is 9.70. The molecule has 0 amide bonds. The van der Waals surface area contributed by atoms with Crippen molar-refractivity contribution in [3.63, 3.8) is 0 Å². The highest BCUT2D eigenvalue weighted by molar-refractivity contribution is 5.86. The molecule has 0 saturated carbocycles. The number of nitrogens with one attached hydrogen (secondary N) is 3. The number of hydrogen-bond acceptors (Lipinski definition) is 3. The van der Waals surface area contributed by atoms with Gasteiger partial charge >= 0.3 is 0 Å². The number of nitrogens with zero attached hydrogens (tertiary/aromatic N) is 4. The summed E-state index contributed by atoms with van der Waals surface area (Å²) >= 11 is 0. The molecular formula is C20H27N7. The fraction of sp³-hybridized carbons (Fsp3) is 0.450. The molecule has 3 N–H and O–H groups in total. The van der Waals surface area contributed by atoms with Crippen LogP contribution in [-0.2, 0) is 25.8 Å². The minimum absolute atomic E-state index is 0.325. The van der Waals surface area contributed by atoms with Crippen LogP contribution in [0.2, 0.25) is 0 Å². The summed E-state index contributed by atoms with van der Waals surface area (Å²) in [6.07, 6.45) is 7.75. The maximum Gasteiger partial charge on any atom is 0.191 e. The van der Waals surface area contributed by atoms with E-state index < -0.39 is 0 Å². The van der Waals surface area contributed by atoms with Crippen LogP contribution in [0, 0.1) is 0 Å². The standard InChI is InChI=1S/C20H27N7/c1-3-14-5-4-6-17-15(11-23-19(14)17)9-10-22-20(21-2)26-16-7-8-18-24-13-25-27(18)12-16/h4-6,11,13,16,23H,3,7-10,12H2,1-2H3,(H2,21,22,26). The minimum atomic E-state index is 0.325. The van der Waals surface area contributed by atoms with Crippen molar-refractivity contribution < 1.29 is 0 Å². The second-order valence-corrected chi connectivity index (χ2v) is 6.99. The summed E-state index contributed by atoms with van der Waals surface area (Å²) in [6.45, 7) is 3.86. The van der Waals surface area contributed by atoms with E-state index in [2.05, 4.69) is 62.0 Å². The Labute approximate surface area is 159 Å². The van der Waals surface area contributed by atoms with Gasteiger partial charge < -0.3 is 15.6 Å². The molecular weight excluding hydrogens is 338 g/mol. The number of guanidine groups is 1. The van der Waals surface area contributed by atoms with E-state index in [0.717, 1.165) is 50.6 Å². The van der Waals surface area contributed by atoms with Gasteiger partial charge in [-0.05, 0) is 30.4 Å². The van der Waals surface area contributed by atoms with Crippen LogP contribution in [0.25, 0.3) is 10.9 Å². The number of H-pyrrole nitrogens is 1. The predicted octanol–water partition coefficient (Wildman–Crippen LogP) is 2.04. The van der Waals surface area contributed by atoms with Crippen LogP contribution >= 0.6 is 0 Å². The van der Waals surface area contributed by atoms with E-state index >= 15 is 0 Å². The zero-order valence-electron chi connectivity index (χ0n) is 16.0. The first kappa shape index (κ1) is 17.6. The van der Waals surface area contributed by atoms with Gasteiger partial charge in [0.1, 0.15) is 12.2 Å². The number of para-hydroxylation sites is 1. The normalized spacial score (nSPS) is 17.1. The number of aliphatic imine (C=N–C) groups is 1. The van der Waals surface area contributed by atoms with Gasteiger partial charge in [0.05, 0.1) is 6.54 Å². The molecule has 3 aromatic rings. The Morgan fingerprint density at radius 2 is 2.30 bits per heavy atom. The highest BCUT2D eigenvalue weighted by Gasteiger charge is 2.20. The molecule has 27 heavy (non-hydrogen) atoms. The molecule has 0 fully saturated rings. The molecule has 142 valence electrons. The van der Waals surface area contributed by atoms with Gasteiger partial charge in [0.25, 0.3) is 0 Å². The zero-order chi connectivity index (χ0) is 18.6. The largest absolute Gasteiger partial charge is 0.361 e. The van der Waals surface area contributed by atoms with Crippen molar-refractivity contribution in [2.75, 3.05) is 13.6 Å². The highest BCUT2D eigenvalue weighted by Crippen LogP contribution is 2.22. The Morgan fingerprint density at radius 1 is 1.37 bits per heavy atom.